The summed E-state index contributed by atoms with van der Waals surface area (Å²) < 4.78 is 5.50. The van der Waals surface area contributed by atoms with Gasteiger partial charge in [-0.25, -0.2) is 4.98 Å². The number of aryl methyl sites for hydroxylation is 2. The predicted octanol–water partition coefficient (Wildman–Crippen LogP) is 3.89. The van der Waals surface area contributed by atoms with Crippen LogP contribution in [-0.2, 0) is 0 Å². The molecule has 0 aliphatic carbocycles. The van der Waals surface area contributed by atoms with Gasteiger partial charge in [-0.05, 0) is 44.9 Å². The first-order chi connectivity index (χ1) is 9.56. The van der Waals surface area contributed by atoms with Gasteiger partial charge in [0.15, 0.2) is 0 Å². The zero-order valence-electron chi connectivity index (χ0n) is 12.6. The summed E-state index contributed by atoms with van der Waals surface area (Å²) in [7, 11) is 1.70. The molecule has 0 radical (unpaired) electrons. The number of hydrogen-bond acceptors (Lipinski definition) is 4. The summed E-state index contributed by atoms with van der Waals surface area (Å²) in [6.45, 7) is 7.05. The van der Waals surface area contributed by atoms with Crippen molar-refractivity contribution in [3.63, 3.8) is 0 Å². The fourth-order valence-corrected chi connectivity index (χ4v) is 3.38. The second-order valence-electron chi connectivity index (χ2n) is 5.13. The summed E-state index contributed by atoms with van der Waals surface area (Å²) in [5.41, 5.74) is 9.04. The van der Waals surface area contributed by atoms with Crippen LogP contribution in [0, 0.1) is 13.8 Å². The monoisotopic (exact) mass is 290 g/mol. The van der Waals surface area contributed by atoms with E-state index in [2.05, 4.69) is 32.9 Å². The van der Waals surface area contributed by atoms with Gasteiger partial charge in [0.25, 0.3) is 0 Å². The minimum absolute atomic E-state index is 0.423. The second-order valence-corrected chi connectivity index (χ2v) is 6.36. The van der Waals surface area contributed by atoms with Crippen molar-refractivity contribution in [1.82, 2.24) is 4.98 Å². The molecule has 0 bridgehead atoms. The van der Waals surface area contributed by atoms with Gasteiger partial charge >= 0.3 is 0 Å². The Morgan fingerprint density at radius 1 is 1.35 bits per heavy atom. The van der Waals surface area contributed by atoms with E-state index in [4.69, 9.17) is 15.5 Å². The number of nitrogens with two attached hydrogens (primary N) is 1. The Labute approximate surface area is 124 Å². The van der Waals surface area contributed by atoms with Crippen molar-refractivity contribution < 1.29 is 4.74 Å². The Hall–Kier alpha value is -1.39. The topological polar surface area (TPSA) is 48.1 Å². The third-order valence-corrected chi connectivity index (χ3v) is 4.62. The van der Waals surface area contributed by atoms with E-state index in [-0.39, 0.29) is 0 Å². The molecular formula is C16H22N2OS. The van der Waals surface area contributed by atoms with Crippen LogP contribution in [0.5, 0.6) is 5.75 Å². The van der Waals surface area contributed by atoms with E-state index >= 15 is 0 Å². The highest BCUT2D eigenvalue weighted by Crippen LogP contribution is 2.39. The Bertz CT molecular complexity index is 592. The molecule has 1 atom stereocenters. The molecule has 4 heteroatoms. The zero-order chi connectivity index (χ0) is 14.7. The van der Waals surface area contributed by atoms with Crippen molar-refractivity contribution in [1.29, 1.82) is 0 Å². The van der Waals surface area contributed by atoms with E-state index in [1.54, 1.807) is 18.4 Å². The fourth-order valence-electron chi connectivity index (χ4n) is 2.36. The van der Waals surface area contributed by atoms with Gasteiger partial charge in [-0.1, -0.05) is 18.6 Å². The van der Waals surface area contributed by atoms with Crippen molar-refractivity contribution in [2.24, 2.45) is 5.73 Å². The van der Waals surface area contributed by atoms with Crippen molar-refractivity contribution >= 4 is 11.3 Å². The molecule has 2 rings (SSSR count). The van der Waals surface area contributed by atoms with Crippen LogP contribution < -0.4 is 10.5 Å². The van der Waals surface area contributed by atoms with Crippen molar-refractivity contribution in [2.45, 2.75) is 33.1 Å². The lowest BCUT2D eigenvalue weighted by molar-refractivity contribution is 0.416. The minimum atomic E-state index is 0.423. The van der Waals surface area contributed by atoms with Crippen LogP contribution in [0.3, 0.4) is 0 Å². The van der Waals surface area contributed by atoms with Crippen LogP contribution in [0.25, 0.3) is 11.3 Å². The SMILES string of the molecule is COc1ccc(C)cc1-c1nc(C)sc1C(C)CCN. The highest BCUT2D eigenvalue weighted by atomic mass is 32.1. The number of ether oxygens (including phenoxy) is 1. The third kappa shape index (κ3) is 3.02. The third-order valence-electron chi connectivity index (χ3n) is 3.42. The molecule has 0 spiro atoms. The molecule has 20 heavy (non-hydrogen) atoms. The summed E-state index contributed by atoms with van der Waals surface area (Å²) in [5, 5.41) is 1.09. The van der Waals surface area contributed by atoms with Gasteiger partial charge in [-0.15, -0.1) is 11.3 Å². The van der Waals surface area contributed by atoms with Gasteiger partial charge in [-0.3, -0.25) is 0 Å². The van der Waals surface area contributed by atoms with Crippen LogP contribution in [0.2, 0.25) is 0 Å². The van der Waals surface area contributed by atoms with E-state index < -0.39 is 0 Å². The number of aromatic nitrogens is 1. The number of hydrogen-bond donors (Lipinski definition) is 1. The highest BCUT2D eigenvalue weighted by Gasteiger charge is 2.19. The molecule has 0 aliphatic rings. The van der Waals surface area contributed by atoms with E-state index in [9.17, 15) is 0 Å². The maximum atomic E-state index is 5.70. The summed E-state index contributed by atoms with van der Waals surface area (Å²) >= 11 is 1.76. The van der Waals surface area contributed by atoms with Gasteiger partial charge in [-0.2, -0.15) is 0 Å². The lowest BCUT2D eigenvalue weighted by Gasteiger charge is -2.13. The number of thiazole rings is 1. The van der Waals surface area contributed by atoms with E-state index in [0.717, 1.165) is 28.4 Å². The first kappa shape index (κ1) is 15.0. The predicted molar refractivity (Wildman–Crippen MR) is 85.7 cm³/mol. The average Bonchev–Trinajstić information content (AvgIpc) is 2.81. The first-order valence-electron chi connectivity index (χ1n) is 6.89. The highest BCUT2D eigenvalue weighted by molar-refractivity contribution is 7.12. The van der Waals surface area contributed by atoms with Crippen LogP contribution in [-0.4, -0.2) is 18.6 Å². The zero-order valence-corrected chi connectivity index (χ0v) is 13.4. The summed E-state index contributed by atoms with van der Waals surface area (Å²) in [4.78, 5) is 6.03. The van der Waals surface area contributed by atoms with Gasteiger partial charge in [0.1, 0.15) is 5.75 Å². The maximum absolute atomic E-state index is 5.70. The van der Waals surface area contributed by atoms with Crippen molar-refractivity contribution in [2.75, 3.05) is 13.7 Å². The Morgan fingerprint density at radius 3 is 2.75 bits per heavy atom. The molecule has 3 nitrogen and oxygen atoms in total. The molecule has 1 heterocycles. The number of nitrogens with zero attached hydrogens (tertiary/aromatic N) is 1. The smallest absolute Gasteiger partial charge is 0.128 e. The molecular weight excluding hydrogens is 268 g/mol. The van der Waals surface area contributed by atoms with Gasteiger partial charge in [0.05, 0.1) is 17.8 Å². The molecule has 2 N–H and O–H groups in total. The van der Waals surface area contributed by atoms with Crippen LogP contribution in [0.1, 0.15) is 34.7 Å². The lowest BCUT2D eigenvalue weighted by atomic mass is 9.99. The van der Waals surface area contributed by atoms with Gasteiger partial charge < -0.3 is 10.5 Å². The summed E-state index contributed by atoms with van der Waals surface area (Å²) in [6, 6.07) is 6.22. The molecule has 0 amide bonds. The van der Waals surface area contributed by atoms with E-state index in [0.29, 0.717) is 12.5 Å². The second kappa shape index (κ2) is 6.37. The Morgan fingerprint density at radius 2 is 2.10 bits per heavy atom. The molecule has 1 aromatic heterocycles. The molecule has 0 fully saturated rings. The molecule has 1 aromatic carbocycles. The minimum Gasteiger partial charge on any atom is -0.496 e. The molecule has 0 saturated carbocycles. The first-order valence-corrected chi connectivity index (χ1v) is 7.70. The molecule has 0 aliphatic heterocycles. The number of methoxy groups -OCH3 is 1. The van der Waals surface area contributed by atoms with Crippen molar-refractivity contribution in [3.05, 3.63) is 33.6 Å². The largest absolute Gasteiger partial charge is 0.496 e. The molecule has 108 valence electrons. The maximum Gasteiger partial charge on any atom is 0.128 e. The Kier molecular flexibility index (Phi) is 4.78. The van der Waals surface area contributed by atoms with E-state index in [1.807, 2.05) is 6.07 Å². The quantitative estimate of drug-likeness (QED) is 0.909. The van der Waals surface area contributed by atoms with E-state index in [1.165, 1.54) is 10.4 Å². The summed E-state index contributed by atoms with van der Waals surface area (Å²) in [6.07, 6.45) is 0.975. The average molecular weight is 290 g/mol. The fraction of sp³-hybridized carbons (Fsp3) is 0.438. The number of benzene rings is 1. The van der Waals surface area contributed by atoms with Crippen LogP contribution in [0.4, 0.5) is 0 Å². The van der Waals surface area contributed by atoms with Gasteiger partial charge in [0.2, 0.25) is 0 Å². The van der Waals surface area contributed by atoms with Crippen molar-refractivity contribution in [3.8, 4) is 17.0 Å². The standard InChI is InChI=1S/C16H22N2OS/c1-10-5-6-14(19-4)13(9-10)15-16(11(2)7-8-17)20-12(3)18-15/h5-6,9,11H,7-8,17H2,1-4H3. The lowest BCUT2D eigenvalue weighted by Crippen LogP contribution is -2.04. The van der Waals surface area contributed by atoms with Gasteiger partial charge in [0, 0.05) is 10.4 Å². The molecule has 0 saturated heterocycles. The summed E-state index contributed by atoms with van der Waals surface area (Å²) in [5.74, 6) is 1.30. The number of rotatable bonds is 5. The normalized spacial score (nSPS) is 12.4. The molecule has 1 unspecified atom stereocenters. The van der Waals surface area contributed by atoms with Crippen LogP contribution in [0.15, 0.2) is 18.2 Å². The Balaban J connectivity index is 2.55. The van der Waals surface area contributed by atoms with Crippen LogP contribution >= 0.6 is 11.3 Å². The molecule has 2 aromatic rings.